The summed E-state index contributed by atoms with van der Waals surface area (Å²) in [5.41, 5.74) is 2.14. The molecule has 0 N–H and O–H groups in total. The molecular weight excluding hydrogens is 196 g/mol. The number of rotatable bonds is 3. The highest BCUT2D eigenvalue weighted by Gasteiger charge is 1.95. The second-order valence-electron chi connectivity index (χ2n) is 4.37. The van der Waals surface area contributed by atoms with Crippen molar-refractivity contribution in [2.75, 3.05) is 0 Å². The number of aromatic nitrogens is 2. The first-order valence-corrected chi connectivity index (χ1v) is 5.62. The number of hydrogen-bond donors (Lipinski definition) is 0. The van der Waals surface area contributed by atoms with E-state index >= 15 is 0 Å². The second-order valence-corrected chi connectivity index (χ2v) is 4.37. The van der Waals surface area contributed by atoms with E-state index in [9.17, 15) is 0 Å². The number of nitrogens with zero attached hydrogens (tertiary/aromatic N) is 2. The molecule has 0 aromatic carbocycles. The van der Waals surface area contributed by atoms with Crippen LogP contribution in [0.5, 0.6) is 0 Å². The Morgan fingerprint density at radius 1 is 1.31 bits per heavy atom. The third-order valence-corrected chi connectivity index (χ3v) is 2.42. The summed E-state index contributed by atoms with van der Waals surface area (Å²) < 4.78 is 0. The molecule has 2 rings (SSSR count). The van der Waals surface area contributed by atoms with Crippen molar-refractivity contribution in [1.82, 2.24) is 9.97 Å². The smallest absolute Gasteiger partial charge is 0.0733 e. The summed E-state index contributed by atoms with van der Waals surface area (Å²) >= 11 is 0. The molecule has 0 saturated carbocycles. The predicted octanol–water partition coefficient (Wildman–Crippen LogP) is 3.69. The van der Waals surface area contributed by atoms with Crippen molar-refractivity contribution < 1.29 is 0 Å². The molecule has 0 amide bonds. The first-order chi connectivity index (χ1) is 7.75. The van der Waals surface area contributed by atoms with E-state index in [1.54, 1.807) is 6.20 Å². The molecule has 2 heteroatoms. The molecular formula is C14H16N2. The molecule has 0 atom stereocenters. The van der Waals surface area contributed by atoms with Gasteiger partial charge in [0, 0.05) is 24.0 Å². The van der Waals surface area contributed by atoms with Gasteiger partial charge in [0.15, 0.2) is 0 Å². The number of allylic oxidation sites excluding steroid dienone is 1. The maximum absolute atomic E-state index is 4.39. The fourth-order valence-electron chi connectivity index (χ4n) is 1.56. The van der Waals surface area contributed by atoms with Crippen molar-refractivity contribution in [2.24, 2.45) is 5.92 Å². The first-order valence-electron chi connectivity index (χ1n) is 5.62. The fraction of sp³-hybridized carbons (Fsp3) is 0.286. The normalized spacial score (nSPS) is 11.7. The van der Waals surface area contributed by atoms with Crippen LogP contribution in [0.3, 0.4) is 0 Å². The summed E-state index contributed by atoms with van der Waals surface area (Å²) in [6.07, 6.45) is 10.9. The maximum Gasteiger partial charge on any atom is 0.0733 e. The third-order valence-electron chi connectivity index (χ3n) is 2.42. The molecule has 0 spiro atoms. The van der Waals surface area contributed by atoms with Crippen LogP contribution in [-0.2, 0) is 0 Å². The number of fused-ring (bicyclic) bond motifs is 1. The summed E-state index contributed by atoms with van der Waals surface area (Å²) in [7, 11) is 0. The molecule has 2 nitrogen and oxygen atoms in total. The Bertz CT molecular complexity index is 501. The van der Waals surface area contributed by atoms with Gasteiger partial charge in [0.2, 0.25) is 0 Å². The lowest BCUT2D eigenvalue weighted by atomic mass is 10.1. The summed E-state index contributed by atoms with van der Waals surface area (Å²) in [5, 5.41) is 1.09. The van der Waals surface area contributed by atoms with Crippen LogP contribution in [0.2, 0.25) is 0 Å². The lowest BCUT2D eigenvalue weighted by Gasteiger charge is -1.99. The van der Waals surface area contributed by atoms with E-state index < -0.39 is 0 Å². The van der Waals surface area contributed by atoms with Crippen molar-refractivity contribution in [3.8, 4) is 0 Å². The lowest BCUT2D eigenvalue weighted by Crippen LogP contribution is -1.83. The van der Waals surface area contributed by atoms with Gasteiger partial charge in [-0.1, -0.05) is 26.0 Å². The average molecular weight is 212 g/mol. The SMILES string of the molecule is CC(C)C/C=C/c1cnc2ccncc2c1. The van der Waals surface area contributed by atoms with E-state index in [0.29, 0.717) is 5.92 Å². The fourth-order valence-corrected chi connectivity index (χ4v) is 1.56. The predicted molar refractivity (Wildman–Crippen MR) is 68.0 cm³/mol. The highest BCUT2D eigenvalue weighted by Crippen LogP contribution is 2.13. The zero-order chi connectivity index (χ0) is 11.4. The Morgan fingerprint density at radius 3 is 3.00 bits per heavy atom. The number of pyridine rings is 2. The zero-order valence-electron chi connectivity index (χ0n) is 9.72. The van der Waals surface area contributed by atoms with Gasteiger partial charge in [0.25, 0.3) is 0 Å². The van der Waals surface area contributed by atoms with E-state index in [-0.39, 0.29) is 0 Å². The number of hydrogen-bond acceptors (Lipinski definition) is 2. The quantitative estimate of drug-likeness (QED) is 0.775. The molecule has 0 saturated heterocycles. The Labute approximate surface area is 96.1 Å². The first kappa shape index (κ1) is 10.8. The summed E-state index contributed by atoms with van der Waals surface area (Å²) in [4.78, 5) is 8.49. The van der Waals surface area contributed by atoms with E-state index in [2.05, 4.69) is 42.0 Å². The van der Waals surface area contributed by atoms with Gasteiger partial charge in [0.05, 0.1) is 5.52 Å². The minimum absolute atomic E-state index is 0.700. The molecule has 0 aliphatic heterocycles. The van der Waals surface area contributed by atoms with Crippen LogP contribution in [0.25, 0.3) is 17.0 Å². The van der Waals surface area contributed by atoms with Crippen LogP contribution in [-0.4, -0.2) is 9.97 Å². The van der Waals surface area contributed by atoms with Gasteiger partial charge in [-0.3, -0.25) is 9.97 Å². The van der Waals surface area contributed by atoms with E-state index in [1.165, 1.54) is 0 Å². The molecule has 0 bridgehead atoms. The van der Waals surface area contributed by atoms with Crippen molar-refractivity contribution in [3.05, 3.63) is 42.4 Å². The standard InChI is InChI=1S/C14H16N2/c1-11(2)4-3-5-12-8-13-10-15-7-6-14(13)16-9-12/h3,5-11H,4H2,1-2H3/b5-3+. The van der Waals surface area contributed by atoms with Gasteiger partial charge in [0.1, 0.15) is 0 Å². The minimum atomic E-state index is 0.700. The minimum Gasteiger partial charge on any atom is -0.264 e. The van der Waals surface area contributed by atoms with Crippen LogP contribution in [0.1, 0.15) is 25.8 Å². The molecule has 0 aliphatic carbocycles. The summed E-state index contributed by atoms with van der Waals surface area (Å²) in [6.45, 7) is 4.43. The average Bonchev–Trinajstić information content (AvgIpc) is 2.28. The van der Waals surface area contributed by atoms with Crippen molar-refractivity contribution in [3.63, 3.8) is 0 Å². The van der Waals surface area contributed by atoms with Gasteiger partial charge < -0.3 is 0 Å². The lowest BCUT2D eigenvalue weighted by molar-refractivity contribution is 0.665. The van der Waals surface area contributed by atoms with E-state index in [1.807, 2.05) is 18.5 Å². The van der Waals surface area contributed by atoms with Crippen LogP contribution in [0.15, 0.2) is 36.8 Å². The third kappa shape index (κ3) is 2.66. The second kappa shape index (κ2) is 4.88. The van der Waals surface area contributed by atoms with Gasteiger partial charge in [-0.05, 0) is 30.0 Å². The van der Waals surface area contributed by atoms with Crippen molar-refractivity contribution in [2.45, 2.75) is 20.3 Å². The molecule has 0 fully saturated rings. The monoisotopic (exact) mass is 212 g/mol. The van der Waals surface area contributed by atoms with Gasteiger partial charge >= 0.3 is 0 Å². The van der Waals surface area contributed by atoms with Crippen LogP contribution in [0, 0.1) is 5.92 Å². The highest BCUT2D eigenvalue weighted by molar-refractivity contribution is 5.79. The van der Waals surface area contributed by atoms with E-state index in [0.717, 1.165) is 22.9 Å². The zero-order valence-corrected chi connectivity index (χ0v) is 9.72. The topological polar surface area (TPSA) is 25.8 Å². The van der Waals surface area contributed by atoms with Gasteiger partial charge in [-0.25, -0.2) is 0 Å². The maximum atomic E-state index is 4.39. The molecule has 82 valence electrons. The Hall–Kier alpha value is -1.70. The summed E-state index contributed by atoms with van der Waals surface area (Å²) in [5.74, 6) is 0.700. The van der Waals surface area contributed by atoms with Crippen LogP contribution >= 0.6 is 0 Å². The molecule has 0 radical (unpaired) electrons. The molecule has 0 aliphatic rings. The van der Waals surface area contributed by atoms with Crippen LogP contribution < -0.4 is 0 Å². The largest absolute Gasteiger partial charge is 0.264 e. The molecule has 16 heavy (non-hydrogen) atoms. The molecule has 2 aromatic rings. The summed E-state index contributed by atoms with van der Waals surface area (Å²) in [6, 6.07) is 4.04. The Morgan fingerprint density at radius 2 is 2.19 bits per heavy atom. The Balaban J connectivity index is 2.22. The van der Waals surface area contributed by atoms with E-state index in [4.69, 9.17) is 0 Å². The van der Waals surface area contributed by atoms with Gasteiger partial charge in [-0.15, -0.1) is 0 Å². The van der Waals surface area contributed by atoms with Crippen molar-refractivity contribution >= 4 is 17.0 Å². The van der Waals surface area contributed by atoms with Crippen molar-refractivity contribution in [1.29, 1.82) is 0 Å². The molecule has 2 heterocycles. The highest BCUT2D eigenvalue weighted by atomic mass is 14.7. The molecule has 2 aromatic heterocycles. The Kier molecular flexibility index (Phi) is 3.30. The molecule has 0 unspecified atom stereocenters. The van der Waals surface area contributed by atoms with Gasteiger partial charge in [-0.2, -0.15) is 0 Å². The van der Waals surface area contributed by atoms with Crippen LogP contribution in [0.4, 0.5) is 0 Å².